The van der Waals surface area contributed by atoms with Gasteiger partial charge in [-0.15, -0.1) is 0 Å². The van der Waals surface area contributed by atoms with Gasteiger partial charge in [-0.2, -0.15) is 5.10 Å². The summed E-state index contributed by atoms with van der Waals surface area (Å²) in [6.45, 7) is 0. The molecule has 19 heavy (non-hydrogen) atoms. The van der Waals surface area contributed by atoms with Gasteiger partial charge in [0, 0.05) is 11.1 Å². The van der Waals surface area contributed by atoms with Crippen LogP contribution in [0.2, 0.25) is 0 Å². The molecule has 3 heteroatoms. The Hall–Kier alpha value is -2.68. The number of aromatic nitrogens is 2. The fourth-order valence-electron chi connectivity index (χ4n) is 2.03. The summed E-state index contributed by atoms with van der Waals surface area (Å²) in [5, 5.41) is 6.80. The summed E-state index contributed by atoms with van der Waals surface area (Å²) in [6.07, 6.45) is 1.69. The maximum atomic E-state index is 12.4. The Morgan fingerprint density at radius 3 is 2.21 bits per heavy atom. The number of nitrogens with one attached hydrogen (secondary N) is 1. The minimum Gasteiger partial charge on any atom is -0.287 e. The van der Waals surface area contributed by atoms with Crippen LogP contribution in [0.25, 0.3) is 11.1 Å². The highest BCUT2D eigenvalue weighted by molar-refractivity contribution is 6.11. The molecule has 1 aromatic heterocycles. The summed E-state index contributed by atoms with van der Waals surface area (Å²) >= 11 is 0. The van der Waals surface area contributed by atoms with Crippen LogP contribution in [0.3, 0.4) is 0 Å². The van der Waals surface area contributed by atoms with E-state index in [9.17, 15) is 4.79 Å². The van der Waals surface area contributed by atoms with Gasteiger partial charge in [0.25, 0.3) is 0 Å². The first-order chi connectivity index (χ1) is 9.36. The molecule has 0 fully saturated rings. The van der Waals surface area contributed by atoms with Crippen molar-refractivity contribution in [2.75, 3.05) is 0 Å². The molecule has 0 saturated heterocycles. The van der Waals surface area contributed by atoms with E-state index in [0.717, 1.165) is 11.1 Å². The van der Waals surface area contributed by atoms with Crippen LogP contribution < -0.4 is 0 Å². The molecule has 1 N–H and O–H groups in total. The van der Waals surface area contributed by atoms with Crippen molar-refractivity contribution in [3.05, 3.63) is 78.1 Å². The maximum Gasteiger partial charge on any atom is 0.211 e. The molecule has 0 saturated carbocycles. The zero-order valence-electron chi connectivity index (χ0n) is 10.2. The number of ketones is 1. The molecular formula is C16H12N2O. The average Bonchev–Trinajstić information content (AvgIpc) is 2.98. The summed E-state index contributed by atoms with van der Waals surface area (Å²) in [5.41, 5.74) is 2.99. The lowest BCUT2D eigenvalue weighted by Gasteiger charge is -2.02. The van der Waals surface area contributed by atoms with Gasteiger partial charge in [0.15, 0.2) is 0 Å². The normalized spacial score (nSPS) is 10.3. The number of hydrogen-bond donors (Lipinski definition) is 1. The Morgan fingerprint density at radius 1 is 0.895 bits per heavy atom. The van der Waals surface area contributed by atoms with Crippen LogP contribution in [0.1, 0.15) is 16.1 Å². The predicted octanol–water partition coefficient (Wildman–Crippen LogP) is 3.31. The first-order valence-electron chi connectivity index (χ1n) is 6.05. The van der Waals surface area contributed by atoms with Gasteiger partial charge in [-0.1, -0.05) is 60.7 Å². The molecule has 0 unspecified atom stereocenters. The van der Waals surface area contributed by atoms with Crippen molar-refractivity contribution in [3.8, 4) is 11.1 Å². The SMILES string of the molecule is O=C(c1ccccc1)c1[nH]ncc1-c1ccccc1. The standard InChI is InChI=1S/C16H12N2O/c19-16(13-9-5-2-6-10-13)15-14(11-17-18-15)12-7-3-1-4-8-12/h1-11H,(H,17,18). The minimum absolute atomic E-state index is 0.0445. The van der Waals surface area contributed by atoms with Gasteiger partial charge in [0.05, 0.1) is 6.20 Å². The number of rotatable bonds is 3. The largest absolute Gasteiger partial charge is 0.287 e. The summed E-state index contributed by atoms with van der Waals surface area (Å²) in [6, 6.07) is 19.0. The van der Waals surface area contributed by atoms with Gasteiger partial charge < -0.3 is 0 Å². The Bertz CT molecular complexity index is 687. The fourth-order valence-corrected chi connectivity index (χ4v) is 2.03. The van der Waals surface area contributed by atoms with Crippen molar-refractivity contribution in [2.24, 2.45) is 0 Å². The van der Waals surface area contributed by atoms with E-state index in [-0.39, 0.29) is 5.78 Å². The lowest BCUT2D eigenvalue weighted by atomic mass is 10.0. The summed E-state index contributed by atoms with van der Waals surface area (Å²) < 4.78 is 0. The average molecular weight is 248 g/mol. The Labute approximate surface area is 110 Å². The highest BCUT2D eigenvalue weighted by Crippen LogP contribution is 2.23. The summed E-state index contributed by atoms with van der Waals surface area (Å²) in [5.74, 6) is -0.0445. The molecule has 2 aromatic carbocycles. The van der Waals surface area contributed by atoms with Crippen molar-refractivity contribution < 1.29 is 4.79 Å². The molecule has 0 radical (unpaired) electrons. The van der Waals surface area contributed by atoms with Gasteiger partial charge >= 0.3 is 0 Å². The summed E-state index contributed by atoms with van der Waals surface area (Å²) in [7, 11) is 0. The van der Waals surface area contributed by atoms with E-state index in [2.05, 4.69) is 10.2 Å². The topological polar surface area (TPSA) is 45.8 Å². The second-order valence-electron chi connectivity index (χ2n) is 4.22. The second-order valence-corrected chi connectivity index (χ2v) is 4.22. The number of hydrogen-bond acceptors (Lipinski definition) is 2. The molecule has 3 aromatic rings. The van der Waals surface area contributed by atoms with Gasteiger partial charge in [-0.05, 0) is 5.56 Å². The van der Waals surface area contributed by atoms with E-state index in [1.807, 2.05) is 48.5 Å². The minimum atomic E-state index is -0.0445. The van der Waals surface area contributed by atoms with E-state index in [0.29, 0.717) is 11.3 Å². The third-order valence-corrected chi connectivity index (χ3v) is 2.99. The molecule has 0 atom stereocenters. The quantitative estimate of drug-likeness (QED) is 0.723. The first kappa shape index (κ1) is 11.4. The van der Waals surface area contributed by atoms with Crippen LogP contribution in [0.15, 0.2) is 66.9 Å². The van der Waals surface area contributed by atoms with Crippen molar-refractivity contribution in [1.82, 2.24) is 10.2 Å². The van der Waals surface area contributed by atoms with Gasteiger partial charge in [0.2, 0.25) is 5.78 Å². The van der Waals surface area contributed by atoms with E-state index in [1.54, 1.807) is 18.3 Å². The van der Waals surface area contributed by atoms with Crippen LogP contribution in [-0.4, -0.2) is 16.0 Å². The van der Waals surface area contributed by atoms with Crippen LogP contribution in [0.5, 0.6) is 0 Å². The molecule has 3 nitrogen and oxygen atoms in total. The van der Waals surface area contributed by atoms with Gasteiger partial charge in [0.1, 0.15) is 5.69 Å². The van der Waals surface area contributed by atoms with Crippen LogP contribution >= 0.6 is 0 Å². The first-order valence-corrected chi connectivity index (χ1v) is 6.05. The van der Waals surface area contributed by atoms with E-state index in [4.69, 9.17) is 0 Å². The zero-order valence-corrected chi connectivity index (χ0v) is 10.2. The number of carbonyl (C=O) groups excluding carboxylic acids is 1. The molecule has 0 aliphatic heterocycles. The molecule has 0 bridgehead atoms. The van der Waals surface area contributed by atoms with Gasteiger partial charge in [-0.25, -0.2) is 0 Å². The molecule has 0 aliphatic rings. The second kappa shape index (κ2) is 4.90. The molecule has 1 heterocycles. The smallest absolute Gasteiger partial charge is 0.211 e. The van der Waals surface area contributed by atoms with Crippen molar-refractivity contribution in [3.63, 3.8) is 0 Å². The van der Waals surface area contributed by atoms with Crippen LogP contribution in [-0.2, 0) is 0 Å². The molecule has 0 aliphatic carbocycles. The van der Waals surface area contributed by atoms with Crippen LogP contribution in [0, 0.1) is 0 Å². The van der Waals surface area contributed by atoms with E-state index < -0.39 is 0 Å². The number of H-pyrrole nitrogens is 1. The third kappa shape index (κ3) is 2.18. The van der Waals surface area contributed by atoms with Crippen molar-refractivity contribution >= 4 is 5.78 Å². The third-order valence-electron chi connectivity index (χ3n) is 2.99. The fraction of sp³-hybridized carbons (Fsp3) is 0. The number of benzene rings is 2. The molecular weight excluding hydrogens is 236 g/mol. The number of aromatic amines is 1. The highest BCUT2D eigenvalue weighted by Gasteiger charge is 2.16. The van der Waals surface area contributed by atoms with E-state index >= 15 is 0 Å². The Balaban J connectivity index is 2.04. The lowest BCUT2D eigenvalue weighted by Crippen LogP contribution is -2.03. The highest BCUT2D eigenvalue weighted by atomic mass is 16.1. The van der Waals surface area contributed by atoms with Gasteiger partial charge in [-0.3, -0.25) is 9.89 Å². The maximum absolute atomic E-state index is 12.4. The summed E-state index contributed by atoms with van der Waals surface area (Å²) in [4.78, 5) is 12.4. The Kier molecular flexibility index (Phi) is 2.94. The van der Waals surface area contributed by atoms with E-state index in [1.165, 1.54) is 0 Å². The van der Waals surface area contributed by atoms with Crippen LogP contribution in [0.4, 0.5) is 0 Å². The van der Waals surface area contributed by atoms with Crippen molar-refractivity contribution in [2.45, 2.75) is 0 Å². The zero-order chi connectivity index (χ0) is 13.1. The molecule has 3 rings (SSSR count). The van der Waals surface area contributed by atoms with Crippen molar-refractivity contribution in [1.29, 1.82) is 0 Å². The molecule has 92 valence electrons. The Morgan fingerprint density at radius 2 is 1.53 bits per heavy atom. The number of carbonyl (C=O) groups is 1. The molecule has 0 amide bonds. The molecule has 0 spiro atoms. The lowest BCUT2D eigenvalue weighted by molar-refractivity contribution is 0.103. The number of nitrogens with zero attached hydrogens (tertiary/aromatic N) is 1. The predicted molar refractivity (Wildman–Crippen MR) is 73.9 cm³/mol. The monoisotopic (exact) mass is 248 g/mol.